The van der Waals surface area contributed by atoms with Crippen molar-refractivity contribution in [2.75, 3.05) is 0 Å². The van der Waals surface area contributed by atoms with E-state index in [1.54, 1.807) is 0 Å². The fraction of sp³-hybridized carbons (Fsp3) is 0.812. The van der Waals surface area contributed by atoms with Gasteiger partial charge in [0.05, 0.1) is 0 Å². The summed E-state index contributed by atoms with van der Waals surface area (Å²) in [4.78, 5) is 9.96. The van der Waals surface area contributed by atoms with E-state index in [1.165, 1.54) is 51.4 Å². The maximum atomic E-state index is 9.96. The largest absolute Gasteiger partial charge is 0.291 e. The molecule has 0 unspecified atom stereocenters. The maximum Gasteiger partial charge on any atom is 0.198 e. The Morgan fingerprint density at radius 3 is 1.88 bits per heavy atom. The van der Waals surface area contributed by atoms with Gasteiger partial charge in [-0.05, 0) is 32.1 Å². The summed E-state index contributed by atoms with van der Waals surface area (Å²) in [5.41, 5.74) is 0. The predicted molar refractivity (Wildman–Crippen MR) is 75.9 cm³/mol. The SMILES string of the molecule is CCCCCCCCC/C=C/CCCC[C]=O. The van der Waals surface area contributed by atoms with Crippen molar-refractivity contribution in [3.63, 3.8) is 0 Å². The Hall–Kier alpha value is -0.590. The van der Waals surface area contributed by atoms with Crippen LogP contribution in [0.25, 0.3) is 0 Å². The van der Waals surface area contributed by atoms with Gasteiger partial charge in [-0.15, -0.1) is 0 Å². The van der Waals surface area contributed by atoms with E-state index in [0.717, 1.165) is 19.3 Å². The molecule has 0 heterocycles. The molecule has 0 aromatic heterocycles. The van der Waals surface area contributed by atoms with Gasteiger partial charge in [-0.2, -0.15) is 0 Å². The first kappa shape index (κ1) is 16.4. The summed E-state index contributed by atoms with van der Waals surface area (Å²) in [6, 6.07) is 0. The second kappa shape index (κ2) is 15.4. The zero-order valence-electron chi connectivity index (χ0n) is 11.5. The van der Waals surface area contributed by atoms with Gasteiger partial charge in [0.1, 0.15) is 0 Å². The van der Waals surface area contributed by atoms with Crippen molar-refractivity contribution in [2.45, 2.75) is 84.0 Å². The van der Waals surface area contributed by atoms with Gasteiger partial charge in [0.2, 0.25) is 0 Å². The summed E-state index contributed by atoms with van der Waals surface area (Å²) >= 11 is 0. The smallest absolute Gasteiger partial charge is 0.198 e. The Bertz CT molecular complexity index is 172. The van der Waals surface area contributed by atoms with Crippen LogP contribution in [0, 0.1) is 0 Å². The van der Waals surface area contributed by atoms with E-state index >= 15 is 0 Å². The molecule has 0 saturated carbocycles. The fourth-order valence-corrected chi connectivity index (χ4v) is 1.91. The first-order chi connectivity index (χ1) is 8.41. The minimum absolute atomic E-state index is 0.603. The van der Waals surface area contributed by atoms with Crippen LogP contribution in [0.15, 0.2) is 12.2 Å². The summed E-state index contributed by atoms with van der Waals surface area (Å²) in [7, 11) is 0. The van der Waals surface area contributed by atoms with Crippen molar-refractivity contribution in [1.82, 2.24) is 0 Å². The van der Waals surface area contributed by atoms with Crippen LogP contribution in [0.4, 0.5) is 0 Å². The van der Waals surface area contributed by atoms with Crippen molar-refractivity contribution < 1.29 is 4.79 Å². The Morgan fingerprint density at radius 2 is 1.29 bits per heavy atom. The number of hydrogen-bond acceptors (Lipinski definition) is 1. The fourth-order valence-electron chi connectivity index (χ4n) is 1.91. The van der Waals surface area contributed by atoms with E-state index in [2.05, 4.69) is 19.1 Å². The second-order valence-corrected chi connectivity index (χ2v) is 4.77. The van der Waals surface area contributed by atoms with Crippen LogP contribution < -0.4 is 0 Å². The van der Waals surface area contributed by atoms with Crippen LogP contribution in [-0.4, -0.2) is 6.29 Å². The van der Waals surface area contributed by atoms with E-state index in [-0.39, 0.29) is 0 Å². The molecule has 99 valence electrons. The standard InChI is InChI=1S/C16H29O/c1-2-3-4-5-6-7-8-9-10-11-12-13-14-15-16-17/h10-11H,2-9,12-15H2,1H3/b11-10+. The van der Waals surface area contributed by atoms with Crippen molar-refractivity contribution in [3.05, 3.63) is 12.2 Å². The van der Waals surface area contributed by atoms with Crippen LogP contribution in [0.1, 0.15) is 84.0 Å². The summed E-state index contributed by atoms with van der Waals surface area (Å²) < 4.78 is 0. The van der Waals surface area contributed by atoms with Crippen LogP contribution in [-0.2, 0) is 4.79 Å². The molecule has 0 rings (SSSR count). The quantitative estimate of drug-likeness (QED) is 0.311. The van der Waals surface area contributed by atoms with Crippen molar-refractivity contribution in [1.29, 1.82) is 0 Å². The second-order valence-electron chi connectivity index (χ2n) is 4.77. The molecule has 0 aromatic rings. The average molecular weight is 237 g/mol. The Balaban J connectivity index is 3.01. The number of rotatable bonds is 13. The highest BCUT2D eigenvalue weighted by Crippen LogP contribution is 2.09. The van der Waals surface area contributed by atoms with Gasteiger partial charge in [0.15, 0.2) is 6.29 Å². The Labute approximate surface area is 108 Å². The third kappa shape index (κ3) is 15.4. The maximum absolute atomic E-state index is 9.96. The Morgan fingerprint density at radius 1 is 0.765 bits per heavy atom. The Kier molecular flexibility index (Phi) is 14.9. The lowest BCUT2D eigenvalue weighted by Gasteiger charge is -1.98. The van der Waals surface area contributed by atoms with Gasteiger partial charge in [-0.3, -0.25) is 4.79 Å². The molecule has 0 fully saturated rings. The van der Waals surface area contributed by atoms with Crippen LogP contribution in [0.3, 0.4) is 0 Å². The van der Waals surface area contributed by atoms with Gasteiger partial charge in [0, 0.05) is 6.42 Å². The molecule has 0 amide bonds. The van der Waals surface area contributed by atoms with Gasteiger partial charge in [0.25, 0.3) is 0 Å². The van der Waals surface area contributed by atoms with Crippen molar-refractivity contribution in [3.8, 4) is 0 Å². The van der Waals surface area contributed by atoms with Gasteiger partial charge in [-0.25, -0.2) is 0 Å². The van der Waals surface area contributed by atoms with E-state index in [4.69, 9.17) is 0 Å². The number of hydrogen-bond donors (Lipinski definition) is 0. The summed E-state index contributed by atoms with van der Waals surface area (Å²) in [5, 5.41) is 0. The van der Waals surface area contributed by atoms with Crippen LogP contribution in [0.2, 0.25) is 0 Å². The molecule has 0 aromatic carbocycles. The predicted octanol–water partition coefficient (Wildman–Crippen LogP) is 5.35. The number of carbonyl (C=O) groups excluding carboxylic acids is 1. The minimum Gasteiger partial charge on any atom is -0.291 e. The summed E-state index contributed by atoms with van der Waals surface area (Å²) in [6.07, 6.45) is 21.3. The molecule has 0 spiro atoms. The van der Waals surface area contributed by atoms with Crippen molar-refractivity contribution in [2.24, 2.45) is 0 Å². The van der Waals surface area contributed by atoms with E-state index in [9.17, 15) is 4.79 Å². The molecule has 0 aliphatic heterocycles. The van der Waals surface area contributed by atoms with Gasteiger partial charge >= 0.3 is 0 Å². The third-order valence-electron chi connectivity index (χ3n) is 3.04. The van der Waals surface area contributed by atoms with Gasteiger partial charge < -0.3 is 0 Å². The van der Waals surface area contributed by atoms with Gasteiger partial charge in [-0.1, -0.05) is 57.6 Å². The van der Waals surface area contributed by atoms with E-state index in [1.807, 2.05) is 6.29 Å². The third-order valence-corrected chi connectivity index (χ3v) is 3.04. The molecule has 1 radical (unpaired) electrons. The molecule has 0 N–H and O–H groups in total. The highest BCUT2D eigenvalue weighted by molar-refractivity contribution is 5.50. The first-order valence-corrected chi connectivity index (χ1v) is 7.41. The molecule has 1 heteroatoms. The molecule has 17 heavy (non-hydrogen) atoms. The zero-order chi connectivity index (χ0) is 12.6. The number of unbranched alkanes of at least 4 members (excludes halogenated alkanes) is 10. The lowest BCUT2D eigenvalue weighted by atomic mass is 10.1. The highest BCUT2D eigenvalue weighted by Gasteiger charge is 1.89. The normalized spacial score (nSPS) is 11.1. The average Bonchev–Trinajstić information content (AvgIpc) is 2.35. The molecule has 0 atom stereocenters. The molecule has 0 aliphatic rings. The first-order valence-electron chi connectivity index (χ1n) is 7.41. The lowest BCUT2D eigenvalue weighted by molar-refractivity contribution is 0.547. The highest BCUT2D eigenvalue weighted by atomic mass is 16.1. The molecule has 1 nitrogen and oxygen atoms in total. The molecule has 0 bridgehead atoms. The minimum atomic E-state index is 0.603. The topological polar surface area (TPSA) is 17.1 Å². The molecular weight excluding hydrogens is 208 g/mol. The zero-order valence-corrected chi connectivity index (χ0v) is 11.5. The van der Waals surface area contributed by atoms with Crippen LogP contribution >= 0.6 is 0 Å². The van der Waals surface area contributed by atoms with Crippen LogP contribution in [0.5, 0.6) is 0 Å². The summed E-state index contributed by atoms with van der Waals surface area (Å²) in [5.74, 6) is 0. The molecule has 0 aliphatic carbocycles. The molecule has 0 saturated heterocycles. The monoisotopic (exact) mass is 237 g/mol. The van der Waals surface area contributed by atoms with E-state index < -0.39 is 0 Å². The number of allylic oxidation sites excluding steroid dienone is 2. The van der Waals surface area contributed by atoms with E-state index in [0.29, 0.717) is 6.42 Å². The lowest BCUT2D eigenvalue weighted by Crippen LogP contribution is -1.79. The summed E-state index contributed by atoms with van der Waals surface area (Å²) in [6.45, 7) is 2.26. The molecular formula is C16H29O. The van der Waals surface area contributed by atoms with Crippen molar-refractivity contribution >= 4 is 6.29 Å².